The smallest absolute Gasteiger partial charge is 0.328 e. The molecule has 0 aliphatic heterocycles. The van der Waals surface area contributed by atoms with E-state index < -0.39 is 20.4 Å². The number of unbranched alkanes of at least 4 members (excludes halogenated alkanes) is 1. The molecule has 0 N–H and O–H groups in total. The molecule has 0 saturated heterocycles. The van der Waals surface area contributed by atoms with Gasteiger partial charge in [-0.25, -0.2) is 0 Å². The summed E-state index contributed by atoms with van der Waals surface area (Å²) in [7, 11) is -6.65. The second-order valence-corrected chi connectivity index (χ2v) is 13.9. The molecule has 2 unspecified atom stereocenters. The lowest BCUT2D eigenvalue weighted by molar-refractivity contribution is 0.213. The quantitative estimate of drug-likeness (QED) is 0.109. The van der Waals surface area contributed by atoms with Crippen LogP contribution >= 0.6 is 15.0 Å². The Morgan fingerprint density at radius 1 is 0.750 bits per heavy atom. The van der Waals surface area contributed by atoms with Gasteiger partial charge in [-0.15, -0.1) is 0 Å². The molecule has 0 radical (unpaired) electrons. The molecule has 0 aromatic rings. The van der Waals surface area contributed by atoms with E-state index in [2.05, 4.69) is 45.9 Å². The van der Waals surface area contributed by atoms with Crippen LogP contribution in [0.4, 0.5) is 0 Å². The van der Waals surface area contributed by atoms with Crippen molar-refractivity contribution in [3.63, 3.8) is 0 Å². The van der Waals surface area contributed by atoms with Crippen LogP contribution in [0.3, 0.4) is 0 Å². The van der Waals surface area contributed by atoms with E-state index in [0.717, 1.165) is 38.5 Å². The summed E-state index contributed by atoms with van der Waals surface area (Å²) in [6.45, 7) is 16.3. The summed E-state index contributed by atoms with van der Waals surface area (Å²) in [6, 6.07) is 0. The SMILES string of the molecule is CCOP(C)(=O)C(CCC/C=C(\C)CC/C=C(\C)CCC=C(C)C)P(=O)(OCC)OCC. The molecule has 5 nitrogen and oxygen atoms in total. The predicted molar refractivity (Wildman–Crippen MR) is 139 cm³/mol. The van der Waals surface area contributed by atoms with Crippen LogP contribution < -0.4 is 0 Å². The Kier molecular flexibility index (Phi) is 16.8. The molecule has 0 aromatic heterocycles. The zero-order valence-corrected chi connectivity index (χ0v) is 23.6. The van der Waals surface area contributed by atoms with Gasteiger partial charge in [0.05, 0.1) is 19.8 Å². The molecule has 0 rings (SSSR count). The molecular weight excluding hydrogens is 442 g/mol. The Balaban J connectivity index is 4.86. The summed E-state index contributed by atoms with van der Waals surface area (Å²) in [5.74, 6) is 0. The van der Waals surface area contributed by atoms with E-state index in [0.29, 0.717) is 13.0 Å². The highest BCUT2D eigenvalue weighted by atomic mass is 31.2. The van der Waals surface area contributed by atoms with Gasteiger partial charge < -0.3 is 13.6 Å². The molecule has 32 heavy (non-hydrogen) atoms. The molecule has 0 bridgehead atoms. The zero-order valence-electron chi connectivity index (χ0n) is 21.8. The van der Waals surface area contributed by atoms with Crippen molar-refractivity contribution in [3.05, 3.63) is 34.9 Å². The van der Waals surface area contributed by atoms with Crippen LogP contribution in [0.2, 0.25) is 0 Å². The van der Waals surface area contributed by atoms with Crippen LogP contribution in [0, 0.1) is 0 Å². The monoisotopic (exact) mass is 490 g/mol. The van der Waals surface area contributed by atoms with E-state index in [1.807, 2.05) is 0 Å². The largest absolute Gasteiger partial charge is 0.343 e. The molecule has 0 spiro atoms. The van der Waals surface area contributed by atoms with Gasteiger partial charge in [-0.3, -0.25) is 9.13 Å². The van der Waals surface area contributed by atoms with Gasteiger partial charge in [0.25, 0.3) is 0 Å². The minimum Gasteiger partial charge on any atom is -0.328 e. The summed E-state index contributed by atoms with van der Waals surface area (Å²) in [6.07, 6.45) is 13.2. The highest BCUT2D eigenvalue weighted by molar-refractivity contribution is 7.74. The van der Waals surface area contributed by atoms with Gasteiger partial charge in [-0.2, -0.15) is 0 Å². The van der Waals surface area contributed by atoms with Crippen LogP contribution in [0.5, 0.6) is 0 Å². The van der Waals surface area contributed by atoms with Gasteiger partial charge in [-0.05, 0) is 93.4 Å². The van der Waals surface area contributed by atoms with Crippen molar-refractivity contribution in [2.45, 2.75) is 98.8 Å². The summed E-state index contributed by atoms with van der Waals surface area (Å²) in [4.78, 5) is 0. The van der Waals surface area contributed by atoms with Crippen LogP contribution in [-0.4, -0.2) is 31.9 Å². The van der Waals surface area contributed by atoms with Gasteiger partial charge in [-0.1, -0.05) is 34.9 Å². The van der Waals surface area contributed by atoms with Gasteiger partial charge in [0, 0.05) is 6.66 Å². The molecule has 0 heterocycles. The van der Waals surface area contributed by atoms with Gasteiger partial charge >= 0.3 is 7.60 Å². The van der Waals surface area contributed by atoms with Crippen molar-refractivity contribution in [2.75, 3.05) is 26.5 Å². The van der Waals surface area contributed by atoms with Crippen LogP contribution in [-0.2, 0) is 22.7 Å². The normalized spacial score (nSPS) is 16.0. The summed E-state index contributed by atoms with van der Waals surface area (Å²) >= 11 is 0. The highest BCUT2D eigenvalue weighted by Gasteiger charge is 2.46. The first kappa shape index (κ1) is 31.6. The molecule has 0 fully saturated rings. The van der Waals surface area contributed by atoms with E-state index in [9.17, 15) is 9.13 Å². The Morgan fingerprint density at radius 3 is 1.69 bits per heavy atom. The lowest BCUT2D eigenvalue weighted by atomic mass is 10.1. The Labute approximate surface area is 198 Å². The van der Waals surface area contributed by atoms with Gasteiger partial charge in [0.2, 0.25) is 7.37 Å². The molecule has 7 heteroatoms. The third-order valence-corrected chi connectivity index (χ3v) is 11.6. The topological polar surface area (TPSA) is 61.8 Å². The predicted octanol–water partition coefficient (Wildman–Crippen LogP) is 9.11. The lowest BCUT2D eigenvalue weighted by Crippen LogP contribution is -2.15. The standard InChI is InChI=1S/C25H48O5P2/c1-9-28-31(8,26)25(32(27,29-10-2)30-11-3)21-13-12-17-23(6)19-15-20-24(7)18-14-16-22(4)5/h16-17,20,25H,9-15,18-19,21H2,1-8H3/b23-17+,24-20+. The number of hydrogen-bond donors (Lipinski definition) is 0. The number of allylic oxidation sites excluding steroid dienone is 6. The molecule has 2 atom stereocenters. The fourth-order valence-electron chi connectivity index (χ4n) is 3.55. The van der Waals surface area contributed by atoms with Crippen molar-refractivity contribution in [1.82, 2.24) is 0 Å². The highest BCUT2D eigenvalue weighted by Crippen LogP contribution is 2.69. The minimum atomic E-state index is -3.51. The molecular formula is C25H48O5P2. The molecule has 0 aliphatic rings. The maximum absolute atomic E-state index is 13.4. The fourth-order valence-corrected chi connectivity index (χ4v) is 9.18. The first-order valence-corrected chi connectivity index (χ1v) is 15.8. The molecule has 0 amide bonds. The zero-order chi connectivity index (χ0) is 24.6. The Hall–Kier alpha value is -0.440. The second kappa shape index (κ2) is 17.1. The summed E-state index contributed by atoms with van der Waals surface area (Å²) in [5.41, 5.74) is 4.16. The van der Waals surface area contributed by atoms with Crippen LogP contribution in [0.1, 0.15) is 93.4 Å². The van der Waals surface area contributed by atoms with E-state index >= 15 is 0 Å². The van der Waals surface area contributed by atoms with Crippen molar-refractivity contribution < 1.29 is 22.7 Å². The Bertz CT molecular complexity index is 695. The molecule has 0 aliphatic carbocycles. The van der Waals surface area contributed by atoms with Crippen molar-refractivity contribution >= 4 is 15.0 Å². The maximum atomic E-state index is 13.4. The molecule has 0 aromatic carbocycles. The summed E-state index contributed by atoms with van der Waals surface area (Å²) in [5, 5.41) is -0.727. The number of rotatable bonds is 18. The molecule has 188 valence electrons. The minimum absolute atomic E-state index is 0.250. The average molecular weight is 491 g/mol. The van der Waals surface area contributed by atoms with Crippen LogP contribution in [0.25, 0.3) is 0 Å². The first-order valence-electron chi connectivity index (χ1n) is 12.1. The third-order valence-electron chi connectivity index (χ3n) is 5.19. The maximum Gasteiger partial charge on any atom is 0.343 e. The van der Waals surface area contributed by atoms with E-state index in [-0.39, 0.29) is 13.2 Å². The van der Waals surface area contributed by atoms with Crippen molar-refractivity contribution in [2.24, 2.45) is 0 Å². The van der Waals surface area contributed by atoms with Crippen molar-refractivity contribution in [1.29, 1.82) is 0 Å². The van der Waals surface area contributed by atoms with Crippen LogP contribution in [0.15, 0.2) is 34.9 Å². The number of hydrogen-bond acceptors (Lipinski definition) is 5. The van der Waals surface area contributed by atoms with E-state index in [4.69, 9.17) is 13.6 Å². The molecule has 0 saturated carbocycles. The van der Waals surface area contributed by atoms with E-state index in [1.165, 1.54) is 16.7 Å². The van der Waals surface area contributed by atoms with Gasteiger partial charge in [0.1, 0.15) is 5.40 Å². The Morgan fingerprint density at radius 2 is 1.22 bits per heavy atom. The first-order chi connectivity index (χ1) is 15.0. The fraction of sp³-hybridized carbons (Fsp3) is 0.760. The van der Waals surface area contributed by atoms with E-state index in [1.54, 1.807) is 27.4 Å². The van der Waals surface area contributed by atoms with Crippen molar-refractivity contribution in [3.8, 4) is 0 Å². The average Bonchev–Trinajstić information content (AvgIpc) is 2.67. The summed E-state index contributed by atoms with van der Waals surface area (Å²) < 4.78 is 43.1. The van der Waals surface area contributed by atoms with Gasteiger partial charge in [0.15, 0.2) is 0 Å². The lowest BCUT2D eigenvalue weighted by Gasteiger charge is -2.30. The second-order valence-electron chi connectivity index (χ2n) is 8.57. The third kappa shape index (κ3) is 13.3.